The van der Waals surface area contributed by atoms with E-state index in [0.717, 1.165) is 11.0 Å². The number of aromatic nitrogens is 3. The number of H-pyrrole nitrogens is 1. The monoisotopic (exact) mass is 379 g/mol. The molecule has 0 unspecified atom stereocenters. The number of imidazole rings is 1. The minimum absolute atomic E-state index is 0.0131. The van der Waals surface area contributed by atoms with Crippen molar-refractivity contribution in [3.63, 3.8) is 0 Å². The average molecular weight is 379 g/mol. The Labute approximate surface area is 161 Å². The molecule has 4 aromatic rings. The minimum atomic E-state index is -0.0131. The van der Waals surface area contributed by atoms with Crippen molar-refractivity contribution < 1.29 is 14.6 Å². The van der Waals surface area contributed by atoms with Crippen molar-refractivity contribution >= 4 is 16.9 Å². The molecule has 0 amide bonds. The minimum Gasteiger partial charge on any atom is -0.505 e. The molecule has 8 nitrogen and oxygen atoms in total. The molecule has 0 aliphatic heterocycles. The summed E-state index contributed by atoms with van der Waals surface area (Å²) in [5.74, 6) is 1.96. The molecule has 0 bridgehead atoms. The fourth-order valence-corrected chi connectivity index (χ4v) is 3.34. The van der Waals surface area contributed by atoms with Crippen LogP contribution in [0.1, 0.15) is 5.69 Å². The first-order valence-electron chi connectivity index (χ1n) is 8.68. The zero-order valence-corrected chi connectivity index (χ0v) is 15.6. The molecular formula is C20H21N5O3. The molecule has 4 rings (SSSR count). The molecule has 0 saturated carbocycles. The first kappa shape index (κ1) is 17.7. The molecular weight excluding hydrogens is 358 g/mol. The van der Waals surface area contributed by atoms with Gasteiger partial charge in [0, 0.05) is 24.7 Å². The molecule has 2 heterocycles. The topological polar surface area (TPSA) is 124 Å². The maximum absolute atomic E-state index is 10.9. The molecule has 2 aromatic carbocycles. The number of nitrogens with one attached hydrogen (secondary N) is 1. The fourth-order valence-electron chi connectivity index (χ4n) is 3.34. The first-order valence-corrected chi connectivity index (χ1v) is 8.68. The van der Waals surface area contributed by atoms with E-state index in [-0.39, 0.29) is 12.3 Å². The molecule has 6 N–H and O–H groups in total. The van der Waals surface area contributed by atoms with Crippen LogP contribution in [-0.2, 0) is 6.54 Å². The quantitative estimate of drug-likeness (QED) is 0.423. The Hall–Kier alpha value is -3.65. The highest BCUT2D eigenvalue weighted by Crippen LogP contribution is 2.42. The maximum Gasteiger partial charge on any atom is 0.151 e. The maximum atomic E-state index is 10.9. The first-order chi connectivity index (χ1) is 13.6. The zero-order valence-electron chi connectivity index (χ0n) is 15.6. The highest BCUT2D eigenvalue weighted by Gasteiger charge is 2.25. The predicted molar refractivity (Wildman–Crippen MR) is 108 cm³/mol. The number of rotatable bonds is 5. The van der Waals surface area contributed by atoms with Crippen molar-refractivity contribution in [3.05, 3.63) is 48.2 Å². The number of benzene rings is 2. The smallest absolute Gasteiger partial charge is 0.151 e. The number of methoxy groups -OCH3 is 2. The number of aromatic hydroxyl groups is 1. The van der Waals surface area contributed by atoms with Gasteiger partial charge < -0.3 is 31.0 Å². The molecule has 0 aliphatic rings. The van der Waals surface area contributed by atoms with E-state index in [1.807, 2.05) is 24.3 Å². The molecule has 0 fully saturated rings. The van der Waals surface area contributed by atoms with E-state index in [1.54, 1.807) is 37.0 Å². The van der Waals surface area contributed by atoms with Crippen molar-refractivity contribution in [1.82, 2.24) is 14.5 Å². The van der Waals surface area contributed by atoms with Gasteiger partial charge in [0.1, 0.15) is 28.7 Å². The van der Waals surface area contributed by atoms with Gasteiger partial charge in [0.05, 0.1) is 36.6 Å². The van der Waals surface area contributed by atoms with Crippen LogP contribution in [0.5, 0.6) is 17.2 Å². The van der Waals surface area contributed by atoms with Crippen LogP contribution < -0.4 is 20.9 Å². The van der Waals surface area contributed by atoms with Gasteiger partial charge in [0.2, 0.25) is 0 Å². The van der Waals surface area contributed by atoms with Crippen LogP contribution in [-0.4, -0.2) is 33.9 Å². The lowest BCUT2D eigenvalue weighted by Gasteiger charge is -2.13. The zero-order chi connectivity index (χ0) is 19.8. The number of nitrogens with two attached hydrogens (primary N) is 2. The van der Waals surface area contributed by atoms with Crippen LogP contribution >= 0.6 is 0 Å². The number of fused-ring (bicyclic) bond motifs is 1. The van der Waals surface area contributed by atoms with Crippen molar-refractivity contribution in [3.8, 4) is 34.3 Å². The lowest BCUT2D eigenvalue weighted by Crippen LogP contribution is -2.08. The Morgan fingerprint density at radius 1 is 1.11 bits per heavy atom. The third-order valence-corrected chi connectivity index (χ3v) is 4.69. The standard InChI is InChI=1S/C20H21N5O3/c1-27-12-7-11(8-13(9-12)28-2)25-16(10-21)18(26)17(19(25)22)20-23-14-5-3-4-6-15(14)24-20/h3-9,26H,10,21-22H2,1-2H3,(H,23,24). The number of nitrogens with zero attached hydrogens (tertiary/aromatic N) is 2. The van der Waals surface area contributed by atoms with Crippen molar-refractivity contribution in [2.75, 3.05) is 20.0 Å². The summed E-state index contributed by atoms with van der Waals surface area (Å²) >= 11 is 0. The van der Waals surface area contributed by atoms with Crippen LogP contribution in [0.2, 0.25) is 0 Å². The SMILES string of the molecule is COc1cc(OC)cc(-n2c(N)c(-c3nc4ccccc4[nH]3)c(O)c2CN)c1. The van der Waals surface area contributed by atoms with E-state index in [4.69, 9.17) is 20.9 Å². The summed E-state index contributed by atoms with van der Waals surface area (Å²) in [6.07, 6.45) is 0. The molecule has 2 aromatic heterocycles. The number of aromatic amines is 1. The van der Waals surface area contributed by atoms with Gasteiger partial charge in [0.25, 0.3) is 0 Å². The second-order valence-corrected chi connectivity index (χ2v) is 6.27. The largest absolute Gasteiger partial charge is 0.505 e. The van der Waals surface area contributed by atoms with Crippen LogP contribution in [0.25, 0.3) is 28.1 Å². The van der Waals surface area contributed by atoms with E-state index in [1.165, 1.54) is 0 Å². The predicted octanol–water partition coefficient (Wildman–Crippen LogP) is 2.78. The van der Waals surface area contributed by atoms with Gasteiger partial charge in [-0.2, -0.15) is 0 Å². The number of para-hydroxylation sites is 2. The van der Waals surface area contributed by atoms with Gasteiger partial charge >= 0.3 is 0 Å². The van der Waals surface area contributed by atoms with Gasteiger partial charge in [0.15, 0.2) is 5.75 Å². The third kappa shape index (κ3) is 2.71. The van der Waals surface area contributed by atoms with E-state index in [2.05, 4.69) is 9.97 Å². The molecule has 0 saturated heterocycles. The van der Waals surface area contributed by atoms with Crippen LogP contribution in [0.3, 0.4) is 0 Å². The van der Waals surface area contributed by atoms with E-state index < -0.39 is 0 Å². The number of hydrogen-bond donors (Lipinski definition) is 4. The Morgan fingerprint density at radius 2 is 1.79 bits per heavy atom. The molecule has 0 atom stereocenters. The van der Waals surface area contributed by atoms with Crippen molar-refractivity contribution in [2.45, 2.75) is 6.54 Å². The number of anilines is 1. The second kappa shape index (κ2) is 6.82. The van der Waals surface area contributed by atoms with Crippen LogP contribution in [0.15, 0.2) is 42.5 Å². The van der Waals surface area contributed by atoms with Crippen molar-refractivity contribution in [1.29, 1.82) is 0 Å². The number of hydrogen-bond acceptors (Lipinski definition) is 6. The van der Waals surface area contributed by atoms with E-state index in [9.17, 15) is 5.11 Å². The third-order valence-electron chi connectivity index (χ3n) is 4.69. The summed E-state index contributed by atoms with van der Waals surface area (Å²) < 4.78 is 12.4. The van der Waals surface area contributed by atoms with Gasteiger partial charge in [-0.1, -0.05) is 12.1 Å². The Balaban J connectivity index is 1.96. The number of ether oxygens (including phenoxy) is 2. The molecule has 8 heteroatoms. The number of nitrogen functional groups attached to an aromatic ring is 1. The summed E-state index contributed by atoms with van der Waals surface area (Å²) in [6, 6.07) is 12.9. The normalized spacial score (nSPS) is 11.1. The Kier molecular flexibility index (Phi) is 4.32. The molecule has 144 valence electrons. The van der Waals surface area contributed by atoms with Crippen LogP contribution in [0.4, 0.5) is 5.82 Å². The van der Waals surface area contributed by atoms with Crippen LogP contribution in [0, 0.1) is 0 Å². The summed E-state index contributed by atoms with van der Waals surface area (Å²) in [4.78, 5) is 7.76. The van der Waals surface area contributed by atoms with E-state index >= 15 is 0 Å². The highest BCUT2D eigenvalue weighted by molar-refractivity contribution is 5.86. The summed E-state index contributed by atoms with van der Waals surface area (Å²) in [6.45, 7) is 0.0792. The summed E-state index contributed by atoms with van der Waals surface area (Å²) in [5, 5.41) is 10.9. The summed E-state index contributed by atoms with van der Waals surface area (Å²) in [7, 11) is 3.14. The van der Waals surface area contributed by atoms with Crippen molar-refractivity contribution in [2.24, 2.45) is 5.73 Å². The lowest BCUT2D eigenvalue weighted by atomic mass is 10.2. The van der Waals surface area contributed by atoms with Gasteiger partial charge in [-0.15, -0.1) is 0 Å². The second-order valence-electron chi connectivity index (χ2n) is 6.27. The molecule has 0 radical (unpaired) electrons. The van der Waals surface area contributed by atoms with Gasteiger partial charge in [-0.3, -0.25) is 4.57 Å². The summed E-state index contributed by atoms with van der Waals surface area (Å²) in [5.41, 5.74) is 15.5. The highest BCUT2D eigenvalue weighted by atomic mass is 16.5. The molecule has 0 aliphatic carbocycles. The molecule has 28 heavy (non-hydrogen) atoms. The van der Waals surface area contributed by atoms with Gasteiger partial charge in [-0.25, -0.2) is 4.98 Å². The Bertz CT molecular complexity index is 1110. The lowest BCUT2D eigenvalue weighted by molar-refractivity contribution is 0.394. The van der Waals surface area contributed by atoms with Gasteiger partial charge in [-0.05, 0) is 12.1 Å². The fraction of sp³-hybridized carbons (Fsp3) is 0.150. The average Bonchev–Trinajstić information content (AvgIpc) is 3.24. The Morgan fingerprint density at radius 3 is 2.39 bits per heavy atom. The molecule has 0 spiro atoms. The van der Waals surface area contributed by atoms with E-state index in [0.29, 0.717) is 40.1 Å².